The fraction of sp³-hybridized carbons (Fsp3) is 0.167. The number of hydrogen-bond acceptors (Lipinski definition) is 5. The lowest BCUT2D eigenvalue weighted by Crippen LogP contribution is -2.33. The van der Waals surface area contributed by atoms with Crippen molar-refractivity contribution in [2.75, 3.05) is 15.5 Å². The van der Waals surface area contributed by atoms with Gasteiger partial charge in [-0.15, -0.1) is 13.2 Å². The molecule has 1 atom stereocenters. The number of ether oxygens (including phenoxy) is 1. The summed E-state index contributed by atoms with van der Waals surface area (Å²) in [7, 11) is 0. The van der Waals surface area contributed by atoms with E-state index in [4.69, 9.17) is 11.6 Å². The number of nitrogens with zero attached hydrogens (tertiary/aromatic N) is 3. The molecule has 1 saturated heterocycles. The molecule has 9 nitrogen and oxygen atoms in total. The third-order valence-electron chi connectivity index (χ3n) is 5.33. The van der Waals surface area contributed by atoms with Crippen LogP contribution in [-0.2, 0) is 11.3 Å². The molecule has 4 rings (SSSR count). The zero-order valence-electron chi connectivity index (χ0n) is 19.1. The van der Waals surface area contributed by atoms with E-state index in [-0.39, 0.29) is 18.1 Å². The van der Waals surface area contributed by atoms with Crippen molar-refractivity contribution in [3.05, 3.63) is 77.4 Å². The fourth-order valence-electron chi connectivity index (χ4n) is 3.60. The van der Waals surface area contributed by atoms with E-state index in [1.807, 2.05) is 0 Å². The molecule has 5 amide bonds. The molecule has 2 aromatic carbocycles. The van der Waals surface area contributed by atoms with Crippen molar-refractivity contribution in [3.8, 4) is 5.75 Å². The lowest BCUT2D eigenvalue weighted by atomic mass is 10.2. The molecule has 192 valence electrons. The van der Waals surface area contributed by atoms with Crippen LogP contribution in [0.25, 0.3) is 0 Å². The lowest BCUT2D eigenvalue weighted by molar-refractivity contribution is -0.274. The largest absolute Gasteiger partial charge is 0.573 e. The molecule has 37 heavy (non-hydrogen) atoms. The first-order valence-electron chi connectivity index (χ1n) is 10.8. The zero-order valence-corrected chi connectivity index (χ0v) is 19.9. The number of rotatable bonds is 6. The SMILES string of the molecule is CC1C(=O)N(c2ccc(OC(F)(F)F)cc2)C(=O)N1Cc1ccnc(NC(=O)Nc2ccc(Cl)cc2)c1. The number of anilines is 3. The summed E-state index contributed by atoms with van der Waals surface area (Å²) in [4.78, 5) is 44.4. The maximum atomic E-state index is 13.0. The van der Waals surface area contributed by atoms with Crippen LogP contribution < -0.4 is 20.3 Å². The Balaban J connectivity index is 1.43. The van der Waals surface area contributed by atoms with Crippen LogP contribution >= 0.6 is 11.6 Å². The summed E-state index contributed by atoms with van der Waals surface area (Å²) in [6.07, 6.45) is -3.42. The normalized spacial score (nSPS) is 15.6. The second-order valence-corrected chi connectivity index (χ2v) is 8.37. The minimum Gasteiger partial charge on any atom is -0.406 e. The number of pyridine rings is 1. The Morgan fingerprint density at radius 3 is 2.38 bits per heavy atom. The average Bonchev–Trinajstić information content (AvgIpc) is 3.03. The molecule has 0 saturated carbocycles. The van der Waals surface area contributed by atoms with Crippen molar-refractivity contribution in [2.45, 2.75) is 25.9 Å². The Labute approximate surface area is 213 Å². The molecule has 1 fully saturated rings. The van der Waals surface area contributed by atoms with Gasteiger partial charge in [0, 0.05) is 23.5 Å². The molecule has 13 heteroatoms. The highest BCUT2D eigenvalue weighted by molar-refractivity contribution is 6.30. The second kappa shape index (κ2) is 10.3. The molecule has 1 unspecified atom stereocenters. The number of halogens is 4. The molecule has 1 aromatic heterocycles. The Morgan fingerprint density at radius 1 is 1.05 bits per heavy atom. The molecule has 0 spiro atoms. The lowest BCUT2D eigenvalue weighted by Gasteiger charge is -2.20. The van der Waals surface area contributed by atoms with E-state index < -0.39 is 36.1 Å². The average molecular weight is 534 g/mol. The van der Waals surface area contributed by atoms with Gasteiger partial charge in [0.1, 0.15) is 17.6 Å². The summed E-state index contributed by atoms with van der Waals surface area (Å²) >= 11 is 5.83. The predicted octanol–water partition coefficient (Wildman–Crippen LogP) is 5.63. The van der Waals surface area contributed by atoms with E-state index in [0.717, 1.165) is 17.0 Å². The first kappa shape index (κ1) is 25.8. The number of nitrogens with one attached hydrogen (secondary N) is 2. The molecule has 0 aliphatic carbocycles. The Hall–Kier alpha value is -4.32. The summed E-state index contributed by atoms with van der Waals surface area (Å²) in [5.41, 5.74) is 1.21. The highest BCUT2D eigenvalue weighted by Gasteiger charge is 2.43. The number of imide groups is 1. The van der Waals surface area contributed by atoms with Crippen LogP contribution in [0.5, 0.6) is 5.75 Å². The Morgan fingerprint density at radius 2 is 1.73 bits per heavy atom. The summed E-state index contributed by atoms with van der Waals surface area (Å²) in [5.74, 6) is -0.798. The number of carbonyl (C=O) groups is 3. The van der Waals surface area contributed by atoms with Gasteiger partial charge in [-0.05, 0) is 73.2 Å². The first-order chi connectivity index (χ1) is 17.5. The monoisotopic (exact) mass is 533 g/mol. The topological polar surface area (TPSA) is 104 Å². The predicted molar refractivity (Wildman–Crippen MR) is 129 cm³/mol. The van der Waals surface area contributed by atoms with Gasteiger partial charge in [-0.2, -0.15) is 0 Å². The van der Waals surface area contributed by atoms with Crippen molar-refractivity contribution in [1.29, 1.82) is 0 Å². The van der Waals surface area contributed by atoms with Crippen LogP contribution in [-0.4, -0.2) is 40.3 Å². The summed E-state index contributed by atoms with van der Waals surface area (Å²) in [6, 6.07) is 12.1. The second-order valence-electron chi connectivity index (χ2n) is 7.94. The van der Waals surface area contributed by atoms with Gasteiger partial charge in [0.2, 0.25) is 0 Å². The summed E-state index contributed by atoms with van der Waals surface area (Å²) in [5, 5.41) is 5.75. The smallest absolute Gasteiger partial charge is 0.406 e. The van der Waals surface area contributed by atoms with Gasteiger partial charge in [0.15, 0.2) is 0 Å². The molecule has 3 aromatic rings. The maximum absolute atomic E-state index is 13.0. The van der Waals surface area contributed by atoms with Crippen LogP contribution in [0.1, 0.15) is 12.5 Å². The van der Waals surface area contributed by atoms with E-state index in [9.17, 15) is 27.6 Å². The molecule has 0 radical (unpaired) electrons. The molecule has 2 heterocycles. The Kier molecular flexibility index (Phi) is 7.21. The van der Waals surface area contributed by atoms with Crippen molar-refractivity contribution >= 4 is 46.8 Å². The van der Waals surface area contributed by atoms with Crippen molar-refractivity contribution < 1.29 is 32.3 Å². The van der Waals surface area contributed by atoms with Crippen LogP contribution in [0.3, 0.4) is 0 Å². The van der Waals surface area contributed by atoms with E-state index >= 15 is 0 Å². The molecule has 1 aliphatic heterocycles. The molecular formula is C24H19ClF3N5O4. The van der Waals surface area contributed by atoms with Gasteiger partial charge in [-0.3, -0.25) is 10.1 Å². The third kappa shape index (κ3) is 6.28. The number of amides is 5. The van der Waals surface area contributed by atoms with Crippen molar-refractivity contribution in [1.82, 2.24) is 9.88 Å². The van der Waals surface area contributed by atoms with E-state index in [1.54, 1.807) is 43.3 Å². The van der Waals surface area contributed by atoms with Gasteiger partial charge in [-0.1, -0.05) is 11.6 Å². The molecule has 1 aliphatic rings. The van der Waals surface area contributed by atoms with Crippen molar-refractivity contribution in [3.63, 3.8) is 0 Å². The number of aromatic nitrogens is 1. The van der Waals surface area contributed by atoms with E-state index in [0.29, 0.717) is 16.3 Å². The van der Waals surface area contributed by atoms with Gasteiger partial charge in [-0.25, -0.2) is 19.5 Å². The summed E-state index contributed by atoms with van der Waals surface area (Å²) < 4.78 is 41.0. The number of benzene rings is 2. The number of carbonyl (C=O) groups excluding carboxylic acids is 3. The fourth-order valence-corrected chi connectivity index (χ4v) is 3.72. The van der Waals surface area contributed by atoms with Gasteiger partial charge in [0.25, 0.3) is 5.91 Å². The van der Waals surface area contributed by atoms with Crippen molar-refractivity contribution in [2.24, 2.45) is 0 Å². The van der Waals surface area contributed by atoms with E-state index in [1.165, 1.54) is 23.2 Å². The molecule has 2 N–H and O–H groups in total. The Bertz CT molecular complexity index is 1320. The highest BCUT2D eigenvalue weighted by atomic mass is 35.5. The van der Waals surface area contributed by atoms with Crippen LogP contribution in [0, 0.1) is 0 Å². The molecule has 0 bridgehead atoms. The number of urea groups is 2. The first-order valence-corrected chi connectivity index (χ1v) is 11.2. The van der Waals surface area contributed by atoms with Crippen LogP contribution in [0.15, 0.2) is 66.9 Å². The van der Waals surface area contributed by atoms with Gasteiger partial charge >= 0.3 is 18.4 Å². The van der Waals surface area contributed by atoms with Crippen LogP contribution in [0.4, 0.5) is 40.0 Å². The zero-order chi connectivity index (χ0) is 26.7. The third-order valence-corrected chi connectivity index (χ3v) is 5.58. The highest BCUT2D eigenvalue weighted by Crippen LogP contribution is 2.30. The van der Waals surface area contributed by atoms with Gasteiger partial charge < -0.3 is 15.0 Å². The number of alkyl halides is 3. The maximum Gasteiger partial charge on any atom is 0.573 e. The number of hydrogen-bond donors (Lipinski definition) is 2. The molecular weight excluding hydrogens is 515 g/mol. The van der Waals surface area contributed by atoms with Gasteiger partial charge in [0.05, 0.1) is 5.69 Å². The van der Waals surface area contributed by atoms with Crippen LogP contribution in [0.2, 0.25) is 5.02 Å². The summed E-state index contributed by atoms with van der Waals surface area (Å²) in [6.45, 7) is 1.56. The standard InChI is InChI=1S/C24H19ClF3N5O4/c1-14-21(34)33(18-6-8-19(9-7-18)37-24(26,27)28)23(36)32(14)13-15-10-11-29-20(12-15)31-22(35)30-17-4-2-16(25)3-5-17/h2-12,14H,13H2,1H3,(H2,29,30,31,35). The van der Waals surface area contributed by atoms with E-state index in [2.05, 4.69) is 20.4 Å². The minimum atomic E-state index is -4.86. The minimum absolute atomic E-state index is 0.0213. The quantitative estimate of drug-likeness (QED) is 0.399.